The SMILES string of the molecule is CCc1cc(N)c(/C=C/C(=O)Cl)cc1OC(F)(F)F. The normalized spacial score (nSPS) is 11.8. The van der Waals surface area contributed by atoms with Gasteiger partial charge in [0.1, 0.15) is 5.75 Å². The Balaban J connectivity index is 3.21. The first-order chi connectivity index (χ1) is 8.73. The van der Waals surface area contributed by atoms with E-state index in [1.165, 1.54) is 12.1 Å². The molecule has 0 aromatic heterocycles. The van der Waals surface area contributed by atoms with E-state index < -0.39 is 11.6 Å². The van der Waals surface area contributed by atoms with Crippen LogP contribution in [0.1, 0.15) is 18.1 Å². The number of hydrogen-bond acceptors (Lipinski definition) is 3. The summed E-state index contributed by atoms with van der Waals surface area (Å²) < 4.78 is 40.7. The molecular formula is C12H11ClF3NO2. The fraction of sp³-hybridized carbons (Fsp3) is 0.250. The van der Waals surface area contributed by atoms with E-state index in [9.17, 15) is 18.0 Å². The number of hydrogen-bond donors (Lipinski definition) is 1. The molecule has 2 N–H and O–H groups in total. The molecule has 0 fully saturated rings. The van der Waals surface area contributed by atoms with Gasteiger partial charge >= 0.3 is 6.36 Å². The second kappa shape index (κ2) is 5.97. The molecule has 0 saturated carbocycles. The van der Waals surface area contributed by atoms with Crippen molar-refractivity contribution >= 4 is 28.6 Å². The van der Waals surface area contributed by atoms with E-state index in [1.807, 2.05) is 0 Å². The van der Waals surface area contributed by atoms with E-state index in [-0.39, 0.29) is 17.0 Å². The van der Waals surface area contributed by atoms with E-state index in [2.05, 4.69) is 4.74 Å². The van der Waals surface area contributed by atoms with Crippen LogP contribution < -0.4 is 10.5 Å². The van der Waals surface area contributed by atoms with Crippen LogP contribution in [-0.4, -0.2) is 11.6 Å². The van der Waals surface area contributed by atoms with E-state index in [0.29, 0.717) is 12.0 Å². The molecule has 0 amide bonds. The quantitative estimate of drug-likeness (QED) is 0.525. The van der Waals surface area contributed by atoms with Gasteiger partial charge in [0.2, 0.25) is 5.24 Å². The van der Waals surface area contributed by atoms with Gasteiger partial charge in [0, 0.05) is 11.3 Å². The Morgan fingerprint density at radius 3 is 2.58 bits per heavy atom. The number of aryl methyl sites for hydroxylation is 1. The van der Waals surface area contributed by atoms with Gasteiger partial charge in [-0.1, -0.05) is 6.92 Å². The standard InChI is InChI=1S/C12H11ClF3NO2/c1-2-7-5-9(17)8(3-4-11(13)18)6-10(7)19-12(14,15)16/h3-6H,2,17H2,1H3/b4-3+. The Labute approximate surface area is 112 Å². The topological polar surface area (TPSA) is 52.3 Å². The average Bonchev–Trinajstić information content (AvgIpc) is 2.27. The summed E-state index contributed by atoms with van der Waals surface area (Å²) in [7, 11) is 0. The Morgan fingerprint density at radius 1 is 1.47 bits per heavy atom. The minimum Gasteiger partial charge on any atom is -0.405 e. The fourth-order valence-electron chi connectivity index (χ4n) is 1.46. The summed E-state index contributed by atoms with van der Waals surface area (Å²) in [5, 5.41) is -0.753. The number of rotatable bonds is 4. The molecule has 0 aliphatic heterocycles. The van der Waals surface area contributed by atoms with Gasteiger partial charge in [0.25, 0.3) is 0 Å². The van der Waals surface area contributed by atoms with Crippen molar-refractivity contribution in [3.05, 3.63) is 29.3 Å². The number of ether oxygens (including phenoxy) is 1. The van der Waals surface area contributed by atoms with Crippen molar-refractivity contribution in [1.82, 2.24) is 0 Å². The molecule has 7 heteroatoms. The zero-order valence-corrected chi connectivity index (χ0v) is 10.7. The van der Waals surface area contributed by atoms with Crippen LogP contribution in [0.4, 0.5) is 18.9 Å². The number of carbonyl (C=O) groups excluding carboxylic acids is 1. The monoisotopic (exact) mass is 293 g/mol. The molecule has 104 valence electrons. The first kappa shape index (κ1) is 15.4. The van der Waals surface area contributed by atoms with Crippen molar-refractivity contribution in [3.8, 4) is 5.75 Å². The second-order valence-electron chi connectivity index (χ2n) is 3.63. The first-order valence-corrected chi connectivity index (χ1v) is 5.66. The third-order valence-corrected chi connectivity index (χ3v) is 2.39. The number of benzene rings is 1. The highest BCUT2D eigenvalue weighted by atomic mass is 35.5. The van der Waals surface area contributed by atoms with E-state index in [4.69, 9.17) is 17.3 Å². The van der Waals surface area contributed by atoms with E-state index in [0.717, 1.165) is 12.1 Å². The number of alkyl halides is 3. The highest BCUT2D eigenvalue weighted by Crippen LogP contribution is 2.31. The molecule has 0 unspecified atom stereocenters. The molecule has 0 radical (unpaired) electrons. The maximum Gasteiger partial charge on any atom is 0.573 e. The predicted octanol–water partition coefficient (Wildman–Crippen LogP) is 3.51. The van der Waals surface area contributed by atoms with Crippen molar-refractivity contribution < 1.29 is 22.7 Å². The molecule has 0 saturated heterocycles. The van der Waals surface area contributed by atoms with Crippen LogP contribution in [0.5, 0.6) is 5.75 Å². The first-order valence-electron chi connectivity index (χ1n) is 5.28. The fourth-order valence-corrected chi connectivity index (χ4v) is 1.52. The van der Waals surface area contributed by atoms with Crippen LogP contribution in [-0.2, 0) is 11.2 Å². The molecule has 1 aromatic carbocycles. The van der Waals surface area contributed by atoms with Crippen LogP contribution in [0.25, 0.3) is 6.08 Å². The lowest BCUT2D eigenvalue weighted by Crippen LogP contribution is -2.18. The lowest BCUT2D eigenvalue weighted by atomic mass is 10.1. The number of halogens is 4. The van der Waals surface area contributed by atoms with Crippen molar-refractivity contribution in [2.24, 2.45) is 0 Å². The Morgan fingerprint density at radius 2 is 2.11 bits per heavy atom. The van der Waals surface area contributed by atoms with Crippen LogP contribution in [0.2, 0.25) is 0 Å². The van der Waals surface area contributed by atoms with E-state index >= 15 is 0 Å². The third-order valence-electron chi connectivity index (χ3n) is 2.27. The summed E-state index contributed by atoms with van der Waals surface area (Å²) in [6, 6.07) is 2.50. The maximum atomic E-state index is 12.3. The van der Waals surface area contributed by atoms with Crippen molar-refractivity contribution in [3.63, 3.8) is 0 Å². The molecule has 0 aliphatic rings. The zero-order chi connectivity index (χ0) is 14.6. The Hall–Kier alpha value is -1.69. The molecule has 0 spiro atoms. The molecule has 0 heterocycles. The highest BCUT2D eigenvalue weighted by Gasteiger charge is 2.32. The number of nitrogens with two attached hydrogens (primary N) is 1. The lowest BCUT2D eigenvalue weighted by molar-refractivity contribution is -0.274. The maximum absolute atomic E-state index is 12.3. The molecule has 19 heavy (non-hydrogen) atoms. The van der Waals surface area contributed by atoms with Gasteiger partial charge in [-0.05, 0) is 47.9 Å². The lowest BCUT2D eigenvalue weighted by Gasteiger charge is -2.14. The molecular weight excluding hydrogens is 283 g/mol. The second-order valence-corrected chi connectivity index (χ2v) is 4.00. The zero-order valence-electron chi connectivity index (χ0n) is 9.92. The third kappa shape index (κ3) is 4.82. The number of carbonyl (C=O) groups is 1. The highest BCUT2D eigenvalue weighted by molar-refractivity contribution is 6.66. The number of nitrogen functional groups attached to an aromatic ring is 1. The molecule has 0 atom stereocenters. The van der Waals surface area contributed by atoms with Gasteiger partial charge in [0.15, 0.2) is 0 Å². The van der Waals surface area contributed by atoms with E-state index in [1.54, 1.807) is 6.92 Å². The van der Waals surface area contributed by atoms with Crippen LogP contribution >= 0.6 is 11.6 Å². The minimum atomic E-state index is -4.79. The van der Waals surface area contributed by atoms with Crippen molar-refractivity contribution in [2.75, 3.05) is 5.73 Å². The largest absolute Gasteiger partial charge is 0.573 e. The van der Waals surface area contributed by atoms with Gasteiger partial charge in [-0.3, -0.25) is 4.79 Å². The average molecular weight is 294 g/mol. The summed E-state index contributed by atoms with van der Waals surface area (Å²) in [5.74, 6) is -0.342. The number of anilines is 1. The number of allylic oxidation sites excluding steroid dienone is 1. The van der Waals surface area contributed by atoms with Gasteiger partial charge in [0.05, 0.1) is 0 Å². The van der Waals surface area contributed by atoms with Crippen LogP contribution in [0, 0.1) is 0 Å². The molecule has 1 aromatic rings. The molecule has 0 bridgehead atoms. The van der Waals surface area contributed by atoms with Gasteiger partial charge in [-0.15, -0.1) is 13.2 Å². The summed E-state index contributed by atoms with van der Waals surface area (Å²) in [4.78, 5) is 10.6. The summed E-state index contributed by atoms with van der Waals surface area (Å²) in [5.41, 5.74) is 6.46. The molecule has 1 rings (SSSR count). The van der Waals surface area contributed by atoms with Crippen molar-refractivity contribution in [2.45, 2.75) is 19.7 Å². The van der Waals surface area contributed by atoms with Gasteiger partial charge in [-0.2, -0.15) is 0 Å². The molecule has 3 nitrogen and oxygen atoms in total. The predicted molar refractivity (Wildman–Crippen MR) is 66.8 cm³/mol. The van der Waals surface area contributed by atoms with Crippen LogP contribution in [0.3, 0.4) is 0 Å². The summed E-state index contributed by atoms with van der Waals surface area (Å²) in [6.07, 6.45) is -2.24. The Bertz CT molecular complexity index is 512. The minimum absolute atomic E-state index is 0.227. The molecule has 0 aliphatic carbocycles. The Kier molecular flexibility index (Phi) is 4.83. The van der Waals surface area contributed by atoms with Crippen molar-refractivity contribution in [1.29, 1.82) is 0 Å². The summed E-state index contributed by atoms with van der Waals surface area (Å²) in [6.45, 7) is 1.68. The van der Waals surface area contributed by atoms with Gasteiger partial charge < -0.3 is 10.5 Å². The summed E-state index contributed by atoms with van der Waals surface area (Å²) >= 11 is 5.11. The smallest absolute Gasteiger partial charge is 0.405 e. The van der Waals surface area contributed by atoms with Crippen LogP contribution in [0.15, 0.2) is 18.2 Å². The van der Waals surface area contributed by atoms with Gasteiger partial charge in [-0.25, -0.2) is 0 Å².